The van der Waals surface area contributed by atoms with Gasteiger partial charge in [0, 0.05) is 5.92 Å². The van der Waals surface area contributed by atoms with Crippen LogP contribution in [0.15, 0.2) is 54.7 Å². The molecule has 0 amide bonds. The van der Waals surface area contributed by atoms with Crippen LogP contribution in [0.4, 0.5) is 0 Å². The minimum atomic E-state index is 0. The summed E-state index contributed by atoms with van der Waals surface area (Å²) in [6.45, 7) is 20.2. The molecule has 3 heteroatoms. The summed E-state index contributed by atoms with van der Waals surface area (Å²) in [4.78, 5) is 0. The van der Waals surface area contributed by atoms with E-state index in [1.807, 2.05) is 6.08 Å². The Morgan fingerprint density at radius 1 is 1.06 bits per heavy atom. The van der Waals surface area contributed by atoms with Crippen molar-refractivity contribution in [3.05, 3.63) is 94.1 Å². The van der Waals surface area contributed by atoms with Crippen LogP contribution < -0.4 is 24.8 Å². The van der Waals surface area contributed by atoms with Crippen LogP contribution in [-0.4, -0.2) is 0 Å². The standard InChI is InChI=1S/C31H37.CH4.2ClH.Zr/c1-9-10-15-23-20(2)28-24-17-16-22(30(3,4)5)18-25(24)29(21-13-11-12-14-21)26(28)19-27(23)31(6,7)8;;;;/h9,11-13,16-18,29H,1,10,14-15H2,2-8H3;1H4;2*1H;/q-1;;;;+3/p-2. The average molecular weight is 588 g/mol. The van der Waals surface area contributed by atoms with Gasteiger partial charge >= 0.3 is 26.2 Å². The van der Waals surface area contributed by atoms with Gasteiger partial charge in [0.15, 0.2) is 0 Å². The number of hydrogen-bond acceptors (Lipinski definition) is 0. The smallest absolute Gasteiger partial charge is 1.00 e. The van der Waals surface area contributed by atoms with Crippen molar-refractivity contribution in [1.29, 1.82) is 0 Å². The fourth-order valence-electron chi connectivity index (χ4n) is 5.29. The van der Waals surface area contributed by atoms with E-state index in [-0.39, 0.29) is 69.3 Å². The van der Waals surface area contributed by atoms with Crippen molar-refractivity contribution in [1.82, 2.24) is 0 Å². The van der Waals surface area contributed by atoms with Crippen molar-refractivity contribution in [2.45, 2.75) is 91.9 Å². The second kappa shape index (κ2) is 12.6. The molecule has 4 rings (SSSR count). The third-order valence-corrected chi connectivity index (χ3v) is 6.96. The molecular formula is C32H41Cl2Zr. The molecule has 0 N–H and O–H groups in total. The molecule has 2 aromatic rings. The first-order chi connectivity index (χ1) is 14.5. The molecule has 2 aromatic carbocycles. The summed E-state index contributed by atoms with van der Waals surface area (Å²) in [6.07, 6.45) is 12.0. The van der Waals surface area contributed by atoms with E-state index in [1.54, 1.807) is 0 Å². The molecule has 35 heavy (non-hydrogen) atoms. The Bertz CT molecular complexity index is 1110. The Balaban J connectivity index is 0.00000289. The van der Waals surface area contributed by atoms with E-state index in [1.165, 1.54) is 50.1 Å². The summed E-state index contributed by atoms with van der Waals surface area (Å²) < 4.78 is 0. The van der Waals surface area contributed by atoms with Gasteiger partial charge in [0.25, 0.3) is 0 Å². The van der Waals surface area contributed by atoms with Crippen LogP contribution in [0.1, 0.15) is 101 Å². The van der Waals surface area contributed by atoms with Crippen LogP contribution >= 0.6 is 0 Å². The normalized spacial score (nSPS) is 15.5. The van der Waals surface area contributed by atoms with Gasteiger partial charge in [0.2, 0.25) is 0 Å². The van der Waals surface area contributed by atoms with Crippen LogP contribution in [-0.2, 0) is 43.5 Å². The van der Waals surface area contributed by atoms with Gasteiger partial charge in [-0.15, -0.1) is 28.8 Å². The molecule has 0 bridgehead atoms. The Labute approximate surface area is 246 Å². The largest absolute Gasteiger partial charge is 3.00 e. The number of fused-ring (bicyclic) bond motifs is 3. The number of benzene rings is 2. The number of allylic oxidation sites excluding steroid dienone is 5. The number of rotatable bonds is 4. The van der Waals surface area contributed by atoms with Crippen molar-refractivity contribution in [2.75, 3.05) is 0 Å². The Kier molecular flexibility index (Phi) is 12.3. The molecule has 2 aliphatic rings. The Hall–Kier alpha value is -0.877. The molecule has 0 nitrogen and oxygen atoms in total. The van der Waals surface area contributed by atoms with Gasteiger partial charge in [-0.1, -0.05) is 116 Å². The second-order valence-corrected chi connectivity index (χ2v) is 11.3. The van der Waals surface area contributed by atoms with Crippen LogP contribution in [0, 0.1) is 13.0 Å². The van der Waals surface area contributed by atoms with Crippen molar-refractivity contribution >= 4 is 0 Å². The fraction of sp³-hybridized carbons (Fsp3) is 0.438. The molecule has 187 valence electrons. The average Bonchev–Trinajstić information content (AvgIpc) is 3.30. The van der Waals surface area contributed by atoms with Gasteiger partial charge in [-0.25, -0.2) is 0 Å². The maximum Gasteiger partial charge on any atom is 3.00 e. The molecule has 1 unspecified atom stereocenters. The van der Waals surface area contributed by atoms with Crippen molar-refractivity contribution in [3.63, 3.8) is 0 Å². The van der Waals surface area contributed by atoms with E-state index >= 15 is 0 Å². The van der Waals surface area contributed by atoms with E-state index in [4.69, 9.17) is 0 Å². The summed E-state index contributed by atoms with van der Waals surface area (Å²) in [5.41, 5.74) is 13.1. The molecule has 0 aliphatic heterocycles. The summed E-state index contributed by atoms with van der Waals surface area (Å²) >= 11 is 0. The van der Waals surface area contributed by atoms with Crippen LogP contribution in [0.5, 0.6) is 0 Å². The summed E-state index contributed by atoms with van der Waals surface area (Å²) in [5, 5.41) is 0. The molecule has 1 radical (unpaired) electrons. The molecule has 1 atom stereocenters. The number of hydrogen-bond donors (Lipinski definition) is 0. The first-order valence-corrected chi connectivity index (χ1v) is 11.7. The zero-order valence-corrected chi connectivity index (χ0v) is 25.7. The van der Waals surface area contributed by atoms with E-state index < -0.39 is 0 Å². The second-order valence-electron chi connectivity index (χ2n) is 11.3. The van der Waals surface area contributed by atoms with Crippen molar-refractivity contribution in [2.24, 2.45) is 0 Å². The predicted molar refractivity (Wildman–Crippen MR) is 142 cm³/mol. The minimum absolute atomic E-state index is 0. The maximum atomic E-state index is 4.01. The first kappa shape index (κ1) is 34.1. The first-order valence-electron chi connectivity index (χ1n) is 11.7. The number of halogens is 2. The Morgan fingerprint density at radius 2 is 1.71 bits per heavy atom. The van der Waals surface area contributed by atoms with E-state index in [9.17, 15) is 0 Å². The molecule has 0 aromatic heterocycles. The Morgan fingerprint density at radius 3 is 2.23 bits per heavy atom. The predicted octanol–water partition coefficient (Wildman–Crippen LogP) is 3.15. The monoisotopic (exact) mass is 585 g/mol. The van der Waals surface area contributed by atoms with Crippen LogP contribution in [0.3, 0.4) is 0 Å². The third-order valence-electron chi connectivity index (χ3n) is 6.96. The van der Waals surface area contributed by atoms with E-state index in [2.05, 4.69) is 97.5 Å². The molecule has 0 saturated carbocycles. The van der Waals surface area contributed by atoms with Gasteiger partial charge in [0.05, 0.1) is 0 Å². The molecule has 0 heterocycles. The molecule has 0 spiro atoms. The van der Waals surface area contributed by atoms with Crippen LogP contribution in [0.25, 0.3) is 11.1 Å². The van der Waals surface area contributed by atoms with E-state index in [0.717, 1.165) is 19.3 Å². The molecule has 0 saturated heterocycles. The minimum Gasteiger partial charge on any atom is -1.00 e. The van der Waals surface area contributed by atoms with Gasteiger partial charge in [-0.2, -0.15) is 11.6 Å². The molecule has 2 aliphatic carbocycles. The SMILES string of the molecule is C.C=CCCc1c(C(C)(C)C)[c-]c2c(c1C)-c1ccc(C(C)(C)C)cc1C2C1=CC=CC1.[Cl-].[Cl-].[Zr+3]. The quantitative estimate of drug-likeness (QED) is 0.381. The summed E-state index contributed by atoms with van der Waals surface area (Å²) in [6, 6.07) is 11.2. The zero-order valence-electron chi connectivity index (χ0n) is 21.7. The summed E-state index contributed by atoms with van der Waals surface area (Å²) in [5.74, 6) is 0.315. The topological polar surface area (TPSA) is 0 Å². The zero-order chi connectivity index (χ0) is 22.6. The molecule has 0 fully saturated rings. The third kappa shape index (κ3) is 6.34. The van der Waals surface area contributed by atoms with Crippen LogP contribution in [0.2, 0.25) is 0 Å². The van der Waals surface area contributed by atoms with Crippen molar-refractivity contribution < 1.29 is 51.0 Å². The van der Waals surface area contributed by atoms with Gasteiger partial charge in [-0.05, 0) is 34.8 Å². The van der Waals surface area contributed by atoms with Gasteiger partial charge in [-0.3, -0.25) is 0 Å². The van der Waals surface area contributed by atoms with Gasteiger partial charge < -0.3 is 24.8 Å². The van der Waals surface area contributed by atoms with Gasteiger partial charge in [0.1, 0.15) is 0 Å². The van der Waals surface area contributed by atoms with E-state index in [0.29, 0.717) is 5.92 Å². The summed E-state index contributed by atoms with van der Waals surface area (Å²) in [7, 11) is 0. The maximum absolute atomic E-state index is 4.01. The fourth-order valence-corrected chi connectivity index (χ4v) is 5.29. The van der Waals surface area contributed by atoms with Crippen molar-refractivity contribution in [3.8, 4) is 11.1 Å². The molecular weight excluding hydrogens is 546 g/mol.